The maximum atomic E-state index is 13.3. The zero-order valence-electron chi connectivity index (χ0n) is 29.8. The fourth-order valence-corrected chi connectivity index (χ4v) is 6.80. The monoisotopic (exact) mass is 865 g/mol. The molecule has 1 radical (unpaired) electrons. The summed E-state index contributed by atoms with van der Waals surface area (Å²) >= 11 is 0. The van der Waals surface area contributed by atoms with Crippen LogP contribution in [0.3, 0.4) is 0 Å². The summed E-state index contributed by atoms with van der Waals surface area (Å²) in [6.45, 7) is 8.46. The molecule has 0 saturated carbocycles. The van der Waals surface area contributed by atoms with E-state index in [2.05, 4.69) is 37.4 Å². The number of aryl methyl sites for hydroxylation is 2. The SMILES string of the molecule is C[SiH]C.Cc1cc2c(-c3ccc(C(F)(F)F)c4ccccc34)cccc2[cH-]1.Cc1cc2c(-c3ccc(C(F)(F)F)c4ccccc34)cccc2[cH-]1.[Cl-].[Cl-].[Zr+4]. The Labute approximate surface area is 345 Å². The Bertz CT molecular complexity index is 2320. The number of hydrogen-bond donors (Lipinski definition) is 0. The molecular formula is C44H35Cl2F6SiZr. The van der Waals surface area contributed by atoms with E-state index >= 15 is 0 Å². The molecule has 8 aromatic carbocycles. The van der Waals surface area contributed by atoms with Crippen molar-refractivity contribution < 1.29 is 77.4 Å². The molecule has 0 N–H and O–H groups in total. The van der Waals surface area contributed by atoms with Crippen LogP contribution in [0.2, 0.25) is 13.1 Å². The maximum Gasteiger partial charge on any atom is 4.00 e. The van der Waals surface area contributed by atoms with E-state index in [0.29, 0.717) is 10.8 Å². The fraction of sp³-hybridized carbons (Fsp3) is 0.136. The minimum absolute atomic E-state index is 0. The van der Waals surface area contributed by atoms with Crippen LogP contribution < -0.4 is 24.8 Å². The number of fused-ring (bicyclic) bond motifs is 4. The molecule has 0 nitrogen and oxygen atoms in total. The average molecular weight is 868 g/mol. The fourth-order valence-electron chi connectivity index (χ4n) is 6.80. The average Bonchev–Trinajstić information content (AvgIpc) is 3.68. The van der Waals surface area contributed by atoms with Crippen LogP contribution in [-0.4, -0.2) is 9.52 Å². The van der Waals surface area contributed by atoms with Gasteiger partial charge in [-0.1, -0.05) is 111 Å². The van der Waals surface area contributed by atoms with Crippen molar-refractivity contribution in [2.24, 2.45) is 0 Å². The van der Waals surface area contributed by atoms with Crippen molar-refractivity contribution >= 4 is 52.6 Å². The molecule has 0 heterocycles. The van der Waals surface area contributed by atoms with Crippen LogP contribution in [0.5, 0.6) is 0 Å². The van der Waals surface area contributed by atoms with Gasteiger partial charge < -0.3 is 24.8 Å². The van der Waals surface area contributed by atoms with Crippen molar-refractivity contribution in [1.82, 2.24) is 0 Å². The Balaban J connectivity index is 0.000000257. The number of hydrogen-bond acceptors (Lipinski definition) is 0. The molecule has 0 aliphatic rings. The Morgan fingerprint density at radius 1 is 0.426 bits per heavy atom. The molecule has 8 aromatic rings. The van der Waals surface area contributed by atoms with E-state index in [1.165, 1.54) is 24.3 Å². The smallest absolute Gasteiger partial charge is 1.00 e. The standard InChI is InChI=1S/2C21H14F3.C2H7Si.2ClH.Zr/c2*1-13-11-14-5-4-8-16(19(14)12-13)17-9-10-20(21(22,23)24)18-7-3-2-6-15(17)18;1-3-2;;;/h2*2-12H,1H3;3H,1-2H3;2*1H;/q2*-1;;;;+4/p-2. The molecule has 0 aliphatic carbocycles. The predicted octanol–water partition coefficient (Wildman–Crippen LogP) is 7.94. The van der Waals surface area contributed by atoms with Gasteiger partial charge in [0.15, 0.2) is 0 Å². The summed E-state index contributed by atoms with van der Waals surface area (Å²) in [5.74, 6) is 0. The van der Waals surface area contributed by atoms with Crippen LogP contribution >= 0.6 is 0 Å². The minimum Gasteiger partial charge on any atom is -1.00 e. The van der Waals surface area contributed by atoms with Crippen molar-refractivity contribution in [1.29, 1.82) is 0 Å². The predicted molar refractivity (Wildman–Crippen MR) is 203 cm³/mol. The van der Waals surface area contributed by atoms with Gasteiger partial charge in [0.2, 0.25) is 0 Å². The van der Waals surface area contributed by atoms with Crippen LogP contribution in [0.4, 0.5) is 26.3 Å². The summed E-state index contributed by atoms with van der Waals surface area (Å²) in [6, 6.07) is 39.2. The number of alkyl halides is 6. The van der Waals surface area contributed by atoms with Crippen LogP contribution in [0.1, 0.15) is 22.3 Å². The molecule has 275 valence electrons. The number of rotatable bonds is 2. The van der Waals surface area contributed by atoms with E-state index in [-0.39, 0.29) is 61.8 Å². The topological polar surface area (TPSA) is 0 Å². The van der Waals surface area contributed by atoms with Gasteiger partial charge in [-0.05, 0) is 44.8 Å². The second-order valence-electron chi connectivity index (χ2n) is 12.7. The first-order chi connectivity index (χ1) is 24.3. The zero-order chi connectivity index (χ0) is 36.5. The molecule has 0 amide bonds. The van der Waals surface area contributed by atoms with Crippen molar-refractivity contribution in [3.63, 3.8) is 0 Å². The minimum atomic E-state index is -4.36. The van der Waals surface area contributed by atoms with Crippen molar-refractivity contribution in [3.05, 3.63) is 156 Å². The van der Waals surface area contributed by atoms with Gasteiger partial charge in [0.25, 0.3) is 0 Å². The molecule has 0 aliphatic heterocycles. The largest absolute Gasteiger partial charge is 4.00 e. The van der Waals surface area contributed by atoms with E-state index in [1.54, 1.807) is 48.5 Å². The molecule has 8 rings (SSSR count). The molecular weight excluding hydrogens is 833 g/mol. The third-order valence-corrected chi connectivity index (χ3v) is 8.83. The van der Waals surface area contributed by atoms with E-state index in [0.717, 1.165) is 64.4 Å². The van der Waals surface area contributed by atoms with Gasteiger partial charge in [0.1, 0.15) is 0 Å². The van der Waals surface area contributed by atoms with Gasteiger partial charge in [-0.3, -0.25) is 0 Å². The van der Waals surface area contributed by atoms with E-state index in [9.17, 15) is 26.3 Å². The van der Waals surface area contributed by atoms with Gasteiger partial charge in [-0.2, -0.15) is 38.5 Å². The zero-order valence-corrected chi connectivity index (χ0v) is 34.9. The molecule has 10 heteroatoms. The Morgan fingerprint density at radius 2 is 0.741 bits per heavy atom. The van der Waals surface area contributed by atoms with Crippen LogP contribution in [0.15, 0.2) is 133 Å². The molecule has 54 heavy (non-hydrogen) atoms. The first-order valence-corrected chi connectivity index (χ1v) is 18.9. The summed E-state index contributed by atoms with van der Waals surface area (Å²) in [6.07, 6.45) is -8.72. The number of benzene rings is 6. The molecule has 0 saturated heterocycles. The van der Waals surface area contributed by atoms with Crippen LogP contribution in [-0.2, 0) is 38.6 Å². The second kappa shape index (κ2) is 18.3. The van der Waals surface area contributed by atoms with E-state index < -0.39 is 23.5 Å². The molecule has 0 spiro atoms. The molecule has 0 atom stereocenters. The van der Waals surface area contributed by atoms with Crippen LogP contribution in [0.25, 0.3) is 65.3 Å². The van der Waals surface area contributed by atoms with Gasteiger partial charge in [-0.25, -0.2) is 0 Å². The first kappa shape index (κ1) is 44.7. The van der Waals surface area contributed by atoms with Gasteiger partial charge in [-0.15, -0.1) is 69.1 Å². The Hall–Kier alpha value is -3.68. The van der Waals surface area contributed by atoms with Crippen LogP contribution in [0, 0.1) is 13.8 Å². The first-order valence-electron chi connectivity index (χ1n) is 16.6. The Kier molecular flexibility index (Phi) is 15.2. The molecule has 0 unspecified atom stereocenters. The summed E-state index contributed by atoms with van der Waals surface area (Å²) in [5.41, 5.74) is 4.70. The summed E-state index contributed by atoms with van der Waals surface area (Å²) in [7, 11) is 0.750. The Morgan fingerprint density at radius 3 is 1.07 bits per heavy atom. The van der Waals surface area contributed by atoms with Gasteiger partial charge in [0.05, 0.1) is 11.1 Å². The quantitative estimate of drug-likeness (QED) is 0.0942. The number of halogens is 8. The maximum absolute atomic E-state index is 13.3. The summed E-state index contributed by atoms with van der Waals surface area (Å²) < 4.78 is 79.8. The van der Waals surface area contributed by atoms with Crippen molar-refractivity contribution in [2.75, 3.05) is 0 Å². The summed E-state index contributed by atoms with van der Waals surface area (Å²) in [5, 5.41) is 6.07. The normalized spacial score (nSPS) is 11.1. The van der Waals surface area contributed by atoms with E-state index in [4.69, 9.17) is 0 Å². The van der Waals surface area contributed by atoms with Gasteiger partial charge in [0, 0.05) is 9.52 Å². The van der Waals surface area contributed by atoms with Crippen molar-refractivity contribution in [2.45, 2.75) is 39.3 Å². The summed E-state index contributed by atoms with van der Waals surface area (Å²) in [4.78, 5) is 0. The van der Waals surface area contributed by atoms with Crippen molar-refractivity contribution in [3.8, 4) is 22.3 Å². The van der Waals surface area contributed by atoms with Gasteiger partial charge >= 0.3 is 38.6 Å². The molecule has 0 aromatic heterocycles. The third kappa shape index (κ3) is 9.22. The molecule has 0 fully saturated rings. The van der Waals surface area contributed by atoms with E-state index in [1.807, 2.05) is 50.2 Å². The second-order valence-corrected chi connectivity index (χ2v) is 13.8. The third-order valence-electron chi connectivity index (χ3n) is 8.83. The molecule has 0 bridgehead atoms.